The normalized spacial score (nSPS) is 25.5. The van der Waals surface area contributed by atoms with E-state index < -0.39 is 35.4 Å². The zero-order valence-electron chi connectivity index (χ0n) is 23.1. The molecule has 10 nitrogen and oxygen atoms in total. The van der Waals surface area contributed by atoms with Gasteiger partial charge in [-0.15, -0.1) is 11.3 Å². The van der Waals surface area contributed by atoms with Crippen molar-refractivity contribution in [3.8, 4) is 10.6 Å². The van der Waals surface area contributed by atoms with E-state index in [0.717, 1.165) is 59.4 Å². The van der Waals surface area contributed by atoms with Gasteiger partial charge in [-0.3, -0.25) is 4.98 Å². The van der Waals surface area contributed by atoms with Crippen LogP contribution in [-0.4, -0.2) is 76.4 Å². The first-order valence-corrected chi connectivity index (χ1v) is 14.7. The quantitative estimate of drug-likeness (QED) is 0.238. The second kappa shape index (κ2) is 10.9. The van der Waals surface area contributed by atoms with Crippen molar-refractivity contribution in [2.24, 2.45) is 5.92 Å². The topological polar surface area (TPSA) is 157 Å². The average Bonchev–Trinajstić information content (AvgIpc) is 3.33. The van der Waals surface area contributed by atoms with Gasteiger partial charge in [0, 0.05) is 18.7 Å². The molecule has 212 valence electrons. The molecule has 0 aliphatic heterocycles. The molecule has 0 radical (unpaired) electrons. The number of aryl methyl sites for hydroxylation is 2. The van der Waals surface area contributed by atoms with Gasteiger partial charge >= 0.3 is 0 Å². The highest BCUT2D eigenvalue weighted by Gasteiger charge is 2.48. The van der Waals surface area contributed by atoms with Crippen LogP contribution in [0.25, 0.3) is 20.8 Å². The summed E-state index contributed by atoms with van der Waals surface area (Å²) in [6.45, 7) is 7.46. The second-order valence-corrected chi connectivity index (χ2v) is 12.9. The van der Waals surface area contributed by atoms with Crippen molar-refractivity contribution in [3.05, 3.63) is 23.7 Å². The van der Waals surface area contributed by atoms with Crippen molar-refractivity contribution in [2.75, 3.05) is 17.2 Å². The Labute approximate surface area is 233 Å². The highest BCUT2D eigenvalue weighted by molar-refractivity contribution is 7.21. The lowest BCUT2D eigenvalue weighted by Gasteiger charge is -2.28. The van der Waals surface area contributed by atoms with Crippen LogP contribution in [0.15, 0.2) is 12.3 Å². The van der Waals surface area contributed by atoms with E-state index in [1.807, 2.05) is 19.9 Å². The molecule has 2 saturated carbocycles. The number of hydrogen-bond donors (Lipinski definition) is 6. The number of nitrogens with zero attached hydrogens (tertiary/aromatic N) is 4. The molecule has 0 bridgehead atoms. The van der Waals surface area contributed by atoms with Crippen LogP contribution < -0.4 is 10.6 Å². The summed E-state index contributed by atoms with van der Waals surface area (Å²) in [5.74, 6) is 0.354. The maximum absolute atomic E-state index is 11.2. The number of rotatable bonds is 7. The molecule has 2 aliphatic carbocycles. The SMILES string of the molecule is Cc1nc(NCC2(O)CCCCCC2)nc(NC2C[C@H](C(C)(C)O)[C@@H](O)[C@H]2O)c1-c1nc2c(C)nccc2s1. The second-order valence-electron chi connectivity index (χ2n) is 11.8. The Bertz CT molecular complexity index is 1320. The number of fused-ring (bicyclic) bond motifs is 1. The van der Waals surface area contributed by atoms with Crippen LogP contribution in [0.1, 0.15) is 70.2 Å². The lowest BCUT2D eigenvalue weighted by atomic mass is 9.88. The van der Waals surface area contributed by atoms with Crippen LogP contribution in [0, 0.1) is 19.8 Å². The van der Waals surface area contributed by atoms with E-state index in [2.05, 4.69) is 15.6 Å². The summed E-state index contributed by atoms with van der Waals surface area (Å²) < 4.78 is 0.999. The largest absolute Gasteiger partial charge is 0.390 e. The van der Waals surface area contributed by atoms with E-state index in [4.69, 9.17) is 15.0 Å². The number of aromatic nitrogens is 4. The molecule has 6 N–H and O–H groups in total. The number of anilines is 2. The van der Waals surface area contributed by atoms with E-state index in [0.29, 0.717) is 36.0 Å². The van der Waals surface area contributed by atoms with Gasteiger partial charge in [0.15, 0.2) is 0 Å². The Morgan fingerprint density at radius 2 is 1.74 bits per heavy atom. The Hall–Kier alpha value is -2.44. The third kappa shape index (κ3) is 5.88. The summed E-state index contributed by atoms with van der Waals surface area (Å²) in [5, 5.41) is 50.7. The summed E-state index contributed by atoms with van der Waals surface area (Å²) in [6.07, 6.45) is 5.72. The Morgan fingerprint density at radius 1 is 1.03 bits per heavy atom. The Balaban J connectivity index is 1.50. The number of nitrogens with one attached hydrogen (secondary N) is 2. The molecule has 3 aromatic rings. The van der Waals surface area contributed by atoms with E-state index in [9.17, 15) is 20.4 Å². The molecular weight excluding hydrogens is 516 g/mol. The van der Waals surface area contributed by atoms with Crippen LogP contribution in [-0.2, 0) is 0 Å². The van der Waals surface area contributed by atoms with Crippen LogP contribution in [0.4, 0.5) is 11.8 Å². The predicted molar refractivity (Wildman–Crippen MR) is 153 cm³/mol. The first kappa shape index (κ1) is 28.1. The average molecular weight is 557 g/mol. The third-order valence-corrected chi connectivity index (χ3v) is 9.35. The number of thiazole rings is 1. The molecule has 39 heavy (non-hydrogen) atoms. The summed E-state index contributed by atoms with van der Waals surface area (Å²) in [7, 11) is 0. The van der Waals surface area contributed by atoms with Gasteiger partial charge in [-0.25, -0.2) is 9.97 Å². The zero-order valence-corrected chi connectivity index (χ0v) is 23.9. The van der Waals surface area contributed by atoms with Gasteiger partial charge in [-0.2, -0.15) is 4.98 Å². The molecular formula is C28H40N6O4S. The van der Waals surface area contributed by atoms with Gasteiger partial charge in [0.25, 0.3) is 0 Å². The van der Waals surface area contributed by atoms with Crippen LogP contribution in [0.2, 0.25) is 0 Å². The van der Waals surface area contributed by atoms with Crippen LogP contribution in [0.3, 0.4) is 0 Å². The van der Waals surface area contributed by atoms with Gasteiger partial charge in [-0.05, 0) is 53.0 Å². The minimum atomic E-state index is -1.15. The van der Waals surface area contributed by atoms with Gasteiger partial charge in [0.1, 0.15) is 22.4 Å². The van der Waals surface area contributed by atoms with Crippen molar-refractivity contribution < 1.29 is 20.4 Å². The smallest absolute Gasteiger partial charge is 0.225 e. The highest BCUT2D eigenvalue weighted by Crippen LogP contribution is 2.40. The summed E-state index contributed by atoms with van der Waals surface area (Å²) in [5.41, 5.74) is 1.10. The predicted octanol–water partition coefficient (Wildman–Crippen LogP) is 3.56. The molecule has 0 saturated heterocycles. The fourth-order valence-corrected chi connectivity index (χ4v) is 7.07. The molecule has 0 amide bonds. The monoisotopic (exact) mass is 556 g/mol. The highest BCUT2D eigenvalue weighted by atomic mass is 32.1. The zero-order chi connectivity index (χ0) is 27.9. The molecule has 0 spiro atoms. The minimum Gasteiger partial charge on any atom is -0.390 e. The fourth-order valence-electron chi connectivity index (χ4n) is 5.96. The molecule has 5 rings (SSSR count). The molecule has 2 aliphatic rings. The van der Waals surface area contributed by atoms with Crippen molar-refractivity contribution in [3.63, 3.8) is 0 Å². The number of hydrogen-bond acceptors (Lipinski definition) is 11. The van der Waals surface area contributed by atoms with Crippen molar-refractivity contribution in [1.29, 1.82) is 0 Å². The minimum absolute atomic E-state index is 0.350. The number of aliphatic hydroxyl groups is 4. The van der Waals surface area contributed by atoms with Crippen LogP contribution in [0.5, 0.6) is 0 Å². The number of aliphatic hydroxyl groups excluding tert-OH is 2. The molecule has 11 heteroatoms. The molecule has 4 atom stereocenters. The van der Waals surface area contributed by atoms with E-state index in [-0.39, 0.29) is 0 Å². The molecule has 2 fully saturated rings. The molecule has 1 unspecified atom stereocenters. The first-order chi connectivity index (χ1) is 18.4. The summed E-state index contributed by atoms with van der Waals surface area (Å²) >= 11 is 1.52. The maximum atomic E-state index is 11.2. The Kier molecular flexibility index (Phi) is 7.82. The Morgan fingerprint density at radius 3 is 2.38 bits per heavy atom. The lowest BCUT2D eigenvalue weighted by molar-refractivity contribution is -0.0601. The van der Waals surface area contributed by atoms with Crippen LogP contribution >= 0.6 is 11.3 Å². The van der Waals surface area contributed by atoms with Gasteiger partial charge in [0.05, 0.1) is 45.0 Å². The molecule has 3 heterocycles. The van der Waals surface area contributed by atoms with E-state index in [1.165, 1.54) is 11.3 Å². The number of pyridine rings is 1. The molecule has 3 aromatic heterocycles. The summed E-state index contributed by atoms with van der Waals surface area (Å²) in [4.78, 5) is 18.8. The standard InChI is InChI=1S/C28H40N6O4S/c1-15-20(25-33-21-16(2)29-12-9-19(21)39-25)24(32-18-13-17(27(3,4)37)22(35)23(18)36)34-26(31-15)30-14-28(38)10-7-5-6-8-11-28/h9,12,17-18,22-23,35-38H,5-8,10-11,13-14H2,1-4H3,(H2,30,31,32,34)/t17-,18?,22+,23-/m0/s1. The van der Waals surface area contributed by atoms with Gasteiger partial charge in [-0.1, -0.05) is 25.7 Å². The van der Waals surface area contributed by atoms with Gasteiger partial charge < -0.3 is 31.1 Å². The fraction of sp³-hybridized carbons (Fsp3) is 0.643. The van der Waals surface area contributed by atoms with E-state index in [1.54, 1.807) is 20.0 Å². The summed E-state index contributed by atoms with van der Waals surface area (Å²) in [6, 6.07) is 1.39. The first-order valence-electron chi connectivity index (χ1n) is 13.9. The maximum Gasteiger partial charge on any atom is 0.225 e. The lowest BCUT2D eigenvalue weighted by Crippen LogP contribution is -2.40. The third-order valence-electron chi connectivity index (χ3n) is 8.32. The van der Waals surface area contributed by atoms with Crippen molar-refractivity contribution >= 4 is 33.3 Å². The van der Waals surface area contributed by atoms with Crippen molar-refractivity contribution in [1.82, 2.24) is 19.9 Å². The van der Waals surface area contributed by atoms with E-state index >= 15 is 0 Å². The van der Waals surface area contributed by atoms with Crippen molar-refractivity contribution in [2.45, 2.75) is 102 Å². The molecule has 0 aromatic carbocycles. The van der Waals surface area contributed by atoms with Gasteiger partial charge in [0.2, 0.25) is 5.95 Å².